The first-order valence-corrected chi connectivity index (χ1v) is 6.02. The van der Waals surface area contributed by atoms with Crippen LogP contribution in [0.5, 0.6) is 0 Å². The van der Waals surface area contributed by atoms with Crippen LogP contribution >= 0.6 is 0 Å². The highest BCUT2D eigenvalue weighted by Crippen LogP contribution is 2.19. The molecule has 1 rings (SSSR count). The first-order valence-electron chi connectivity index (χ1n) is 6.02. The SMILES string of the molecule is C#CC(CC)NC(=O)c1c(C)ccc(C)c1C(=O)O. The molecule has 0 radical (unpaired) electrons. The molecule has 2 N–H and O–H groups in total. The number of carboxylic acid groups (broad SMARTS) is 1. The molecule has 0 aliphatic heterocycles. The van der Waals surface area contributed by atoms with Gasteiger partial charge in [-0.05, 0) is 31.4 Å². The number of benzene rings is 1. The molecule has 19 heavy (non-hydrogen) atoms. The van der Waals surface area contributed by atoms with E-state index in [9.17, 15) is 14.7 Å². The Bertz CT molecular complexity index is 555. The van der Waals surface area contributed by atoms with Crippen LogP contribution < -0.4 is 5.32 Å². The number of carboxylic acids is 1. The minimum absolute atomic E-state index is 0.0318. The summed E-state index contributed by atoms with van der Waals surface area (Å²) in [4.78, 5) is 23.5. The van der Waals surface area contributed by atoms with Crippen molar-refractivity contribution in [3.8, 4) is 12.3 Å². The number of amides is 1. The molecule has 1 aromatic rings. The van der Waals surface area contributed by atoms with E-state index < -0.39 is 17.9 Å². The average Bonchev–Trinajstić information content (AvgIpc) is 2.37. The predicted molar refractivity (Wildman–Crippen MR) is 73.3 cm³/mol. The van der Waals surface area contributed by atoms with Crippen molar-refractivity contribution in [2.24, 2.45) is 0 Å². The van der Waals surface area contributed by atoms with Crippen molar-refractivity contribution < 1.29 is 14.7 Å². The van der Waals surface area contributed by atoms with Gasteiger partial charge in [0.05, 0.1) is 17.2 Å². The second kappa shape index (κ2) is 6.05. The van der Waals surface area contributed by atoms with Gasteiger partial charge in [0.25, 0.3) is 5.91 Å². The zero-order valence-electron chi connectivity index (χ0n) is 11.3. The summed E-state index contributed by atoms with van der Waals surface area (Å²) >= 11 is 0. The normalized spacial score (nSPS) is 11.5. The molecule has 0 aliphatic carbocycles. The standard InChI is InChI=1S/C15H17NO3/c1-5-11(6-2)16-14(17)12-9(3)7-8-10(4)13(12)15(18)19/h1,7-8,11H,6H2,2-4H3,(H,16,17)(H,18,19). The van der Waals surface area contributed by atoms with E-state index in [1.807, 2.05) is 6.92 Å². The van der Waals surface area contributed by atoms with Crippen LogP contribution in [0.3, 0.4) is 0 Å². The lowest BCUT2D eigenvalue weighted by molar-refractivity contribution is 0.0689. The lowest BCUT2D eigenvalue weighted by Crippen LogP contribution is -2.34. The topological polar surface area (TPSA) is 66.4 Å². The van der Waals surface area contributed by atoms with Crippen LogP contribution in [0.4, 0.5) is 0 Å². The van der Waals surface area contributed by atoms with E-state index in [1.165, 1.54) is 0 Å². The van der Waals surface area contributed by atoms with Crippen LogP contribution in [0.2, 0.25) is 0 Å². The van der Waals surface area contributed by atoms with Gasteiger partial charge in [-0.3, -0.25) is 4.79 Å². The Balaban J connectivity index is 3.27. The van der Waals surface area contributed by atoms with E-state index in [0.717, 1.165) is 0 Å². The Morgan fingerprint density at radius 1 is 1.32 bits per heavy atom. The number of terminal acetylenes is 1. The molecule has 0 heterocycles. The maximum Gasteiger partial charge on any atom is 0.336 e. The zero-order valence-corrected chi connectivity index (χ0v) is 11.3. The molecule has 100 valence electrons. The van der Waals surface area contributed by atoms with Gasteiger partial charge in [-0.25, -0.2) is 4.79 Å². The lowest BCUT2D eigenvalue weighted by atomic mass is 9.96. The highest BCUT2D eigenvalue weighted by atomic mass is 16.4. The molecule has 0 saturated heterocycles. The van der Waals surface area contributed by atoms with E-state index in [1.54, 1.807) is 26.0 Å². The Morgan fingerprint density at radius 2 is 1.84 bits per heavy atom. The van der Waals surface area contributed by atoms with Crippen molar-refractivity contribution in [3.05, 3.63) is 34.4 Å². The quantitative estimate of drug-likeness (QED) is 0.814. The van der Waals surface area contributed by atoms with Gasteiger partial charge in [-0.15, -0.1) is 6.42 Å². The van der Waals surface area contributed by atoms with E-state index >= 15 is 0 Å². The molecule has 0 bridgehead atoms. The van der Waals surface area contributed by atoms with E-state index in [2.05, 4.69) is 11.2 Å². The van der Waals surface area contributed by atoms with Crippen molar-refractivity contribution >= 4 is 11.9 Å². The maximum atomic E-state index is 12.2. The van der Waals surface area contributed by atoms with Crippen molar-refractivity contribution in [1.82, 2.24) is 5.32 Å². The maximum absolute atomic E-state index is 12.2. The fraction of sp³-hybridized carbons (Fsp3) is 0.333. The van der Waals surface area contributed by atoms with E-state index in [0.29, 0.717) is 17.5 Å². The van der Waals surface area contributed by atoms with Gasteiger partial charge < -0.3 is 10.4 Å². The Kier molecular flexibility index (Phi) is 4.71. The molecular weight excluding hydrogens is 242 g/mol. The third-order valence-corrected chi connectivity index (χ3v) is 2.98. The highest BCUT2D eigenvalue weighted by molar-refractivity contribution is 6.06. The van der Waals surface area contributed by atoms with Crippen molar-refractivity contribution in [3.63, 3.8) is 0 Å². The third kappa shape index (κ3) is 3.14. The van der Waals surface area contributed by atoms with Crippen molar-refractivity contribution in [2.45, 2.75) is 33.2 Å². The zero-order chi connectivity index (χ0) is 14.6. The number of hydrogen-bond donors (Lipinski definition) is 2. The summed E-state index contributed by atoms with van der Waals surface area (Å²) in [7, 11) is 0. The summed E-state index contributed by atoms with van der Waals surface area (Å²) in [6.45, 7) is 5.22. The van der Waals surface area contributed by atoms with Gasteiger partial charge in [0.2, 0.25) is 0 Å². The molecule has 0 spiro atoms. The minimum Gasteiger partial charge on any atom is -0.478 e. The van der Waals surface area contributed by atoms with Crippen LogP contribution in [0.1, 0.15) is 45.2 Å². The van der Waals surface area contributed by atoms with Crippen LogP contribution in [-0.2, 0) is 0 Å². The molecule has 0 fully saturated rings. The summed E-state index contributed by atoms with van der Waals surface area (Å²) in [6.07, 6.45) is 5.89. The lowest BCUT2D eigenvalue weighted by Gasteiger charge is -2.15. The monoisotopic (exact) mass is 259 g/mol. The van der Waals surface area contributed by atoms with Gasteiger partial charge in [0.15, 0.2) is 0 Å². The Hall–Kier alpha value is -2.28. The second-order valence-corrected chi connectivity index (χ2v) is 4.36. The largest absolute Gasteiger partial charge is 0.478 e. The molecule has 1 aromatic carbocycles. The molecule has 4 heteroatoms. The number of aryl methyl sites for hydroxylation is 2. The van der Waals surface area contributed by atoms with Gasteiger partial charge >= 0.3 is 5.97 Å². The van der Waals surface area contributed by atoms with E-state index in [4.69, 9.17) is 6.42 Å². The third-order valence-electron chi connectivity index (χ3n) is 2.98. The summed E-state index contributed by atoms with van der Waals surface area (Å²) in [5.74, 6) is 0.903. The fourth-order valence-corrected chi connectivity index (χ4v) is 1.87. The van der Waals surface area contributed by atoms with Crippen LogP contribution in [0, 0.1) is 26.2 Å². The summed E-state index contributed by atoms with van der Waals surface area (Å²) in [5.41, 5.74) is 1.38. The number of rotatable bonds is 4. The average molecular weight is 259 g/mol. The highest BCUT2D eigenvalue weighted by Gasteiger charge is 2.22. The number of hydrogen-bond acceptors (Lipinski definition) is 2. The van der Waals surface area contributed by atoms with Crippen LogP contribution in [0.25, 0.3) is 0 Å². The fourth-order valence-electron chi connectivity index (χ4n) is 1.87. The summed E-state index contributed by atoms with van der Waals surface area (Å²) in [5, 5.41) is 11.9. The second-order valence-electron chi connectivity index (χ2n) is 4.36. The first kappa shape index (κ1) is 14.8. The molecule has 0 aliphatic rings. The van der Waals surface area contributed by atoms with Crippen molar-refractivity contribution in [2.75, 3.05) is 0 Å². The van der Waals surface area contributed by atoms with Crippen molar-refractivity contribution in [1.29, 1.82) is 0 Å². The number of aromatic carboxylic acids is 1. The molecule has 1 unspecified atom stereocenters. The molecule has 1 atom stereocenters. The van der Waals surface area contributed by atoms with Gasteiger partial charge in [-0.1, -0.05) is 25.0 Å². The molecule has 4 nitrogen and oxygen atoms in total. The van der Waals surface area contributed by atoms with Gasteiger partial charge in [0.1, 0.15) is 0 Å². The van der Waals surface area contributed by atoms with Crippen LogP contribution in [-0.4, -0.2) is 23.0 Å². The summed E-state index contributed by atoms with van der Waals surface area (Å²) in [6, 6.07) is 3.02. The Labute approximate surface area is 112 Å². The number of carbonyl (C=O) groups is 2. The summed E-state index contributed by atoms with van der Waals surface area (Å²) < 4.78 is 0. The molecule has 1 amide bonds. The first-order chi connectivity index (χ1) is 8.92. The molecule has 0 aromatic heterocycles. The molecular formula is C15H17NO3. The number of nitrogens with one attached hydrogen (secondary N) is 1. The smallest absolute Gasteiger partial charge is 0.336 e. The van der Waals surface area contributed by atoms with Crippen LogP contribution in [0.15, 0.2) is 12.1 Å². The molecule has 0 saturated carbocycles. The van der Waals surface area contributed by atoms with Gasteiger partial charge in [0, 0.05) is 0 Å². The van der Waals surface area contributed by atoms with E-state index in [-0.39, 0.29) is 11.1 Å². The predicted octanol–water partition coefficient (Wildman–Crippen LogP) is 2.14. The Morgan fingerprint density at radius 3 is 2.26 bits per heavy atom. The number of carbonyl (C=O) groups excluding carboxylic acids is 1. The minimum atomic E-state index is -1.11. The van der Waals surface area contributed by atoms with Gasteiger partial charge in [-0.2, -0.15) is 0 Å².